The molecule has 0 fully saturated rings. The van der Waals surface area contributed by atoms with Crippen LogP contribution in [0.2, 0.25) is 0 Å². The van der Waals surface area contributed by atoms with Gasteiger partial charge in [0, 0.05) is 0 Å². The SMILES string of the molecule is Cc1c(O)cccc1C(C)C(=O)O. The van der Waals surface area contributed by atoms with Gasteiger partial charge in [-0.2, -0.15) is 0 Å². The normalized spacial score (nSPS) is 12.5. The fourth-order valence-corrected chi connectivity index (χ4v) is 1.24. The quantitative estimate of drug-likeness (QED) is 0.730. The summed E-state index contributed by atoms with van der Waals surface area (Å²) in [5, 5.41) is 18.1. The highest BCUT2D eigenvalue weighted by atomic mass is 16.4. The van der Waals surface area contributed by atoms with E-state index < -0.39 is 11.9 Å². The molecule has 1 aromatic carbocycles. The molecule has 0 heterocycles. The molecule has 0 bridgehead atoms. The van der Waals surface area contributed by atoms with Gasteiger partial charge in [-0.1, -0.05) is 12.1 Å². The van der Waals surface area contributed by atoms with Crippen LogP contribution in [0.4, 0.5) is 0 Å². The molecule has 0 amide bonds. The van der Waals surface area contributed by atoms with Gasteiger partial charge in [0.15, 0.2) is 0 Å². The third-order valence-electron chi connectivity index (χ3n) is 2.18. The summed E-state index contributed by atoms with van der Waals surface area (Å²) in [7, 11) is 0. The van der Waals surface area contributed by atoms with Gasteiger partial charge in [-0.15, -0.1) is 0 Å². The number of phenols is 1. The molecule has 70 valence electrons. The van der Waals surface area contributed by atoms with Crippen LogP contribution >= 0.6 is 0 Å². The average molecular weight is 180 g/mol. The molecule has 0 aliphatic rings. The van der Waals surface area contributed by atoms with Crippen molar-refractivity contribution in [2.45, 2.75) is 19.8 Å². The summed E-state index contributed by atoms with van der Waals surface area (Å²) in [4.78, 5) is 10.7. The van der Waals surface area contributed by atoms with Crippen molar-refractivity contribution in [3.63, 3.8) is 0 Å². The van der Waals surface area contributed by atoms with Crippen molar-refractivity contribution in [3.05, 3.63) is 29.3 Å². The number of benzene rings is 1. The van der Waals surface area contributed by atoms with E-state index in [0.29, 0.717) is 11.1 Å². The molecule has 2 N–H and O–H groups in total. The van der Waals surface area contributed by atoms with Crippen molar-refractivity contribution in [1.29, 1.82) is 0 Å². The summed E-state index contributed by atoms with van der Waals surface area (Å²) in [6, 6.07) is 4.92. The molecule has 0 saturated heterocycles. The average Bonchev–Trinajstić information content (AvgIpc) is 2.08. The first kappa shape index (κ1) is 9.58. The van der Waals surface area contributed by atoms with E-state index in [1.165, 1.54) is 0 Å². The highest BCUT2D eigenvalue weighted by Crippen LogP contribution is 2.25. The highest BCUT2D eigenvalue weighted by Gasteiger charge is 2.16. The van der Waals surface area contributed by atoms with Crippen molar-refractivity contribution in [3.8, 4) is 5.75 Å². The van der Waals surface area contributed by atoms with Gasteiger partial charge in [0.05, 0.1) is 5.92 Å². The number of carboxylic acid groups (broad SMARTS) is 1. The Morgan fingerprint density at radius 1 is 1.46 bits per heavy atom. The lowest BCUT2D eigenvalue weighted by Crippen LogP contribution is -2.08. The van der Waals surface area contributed by atoms with Crippen molar-refractivity contribution < 1.29 is 15.0 Å². The Kier molecular flexibility index (Phi) is 2.56. The van der Waals surface area contributed by atoms with E-state index in [-0.39, 0.29) is 5.75 Å². The summed E-state index contributed by atoms with van der Waals surface area (Å²) in [5.74, 6) is -1.31. The molecule has 0 aromatic heterocycles. The molecule has 1 rings (SSSR count). The summed E-state index contributed by atoms with van der Waals surface area (Å²) in [5.41, 5.74) is 1.30. The molecule has 1 aromatic rings. The largest absolute Gasteiger partial charge is 0.508 e. The van der Waals surface area contributed by atoms with Gasteiger partial charge in [-0.25, -0.2) is 0 Å². The van der Waals surface area contributed by atoms with Crippen LogP contribution in [-0.2, 0) is 4.79 Å². The Bertz CT molecular complexity index is 331. The van der Waals surface area contributed by atoms with Crippen LogP contribution in [0.15, 0.2) is 18.2 Å². The molecule has 3 heteroatoms. The highest BCUT2D eigenvalue weighted by molar-refractivity contribution is 5.76. The summed E-state index contributed by atoms with van der Waals surface area (Å²) in [6.07, 6.45) is 0. The summed E-state index contributed by atoms with van der Waals surface area (Å²) >= 11 is 0. The maximum atomic E-state index is 10.7. The minimum Gasteiger partial charge on any atom is -0.508 e. The molecule has 0 aliphatic heterocycles. The van der Waals surface area contributed by atoms with Crippen LogP contribution in [0.1, 0.15) is 24.0 Å². The predicted molar refractivity (Wildman–Crippen MR) is 48.9 cm³/mol. The first-order valence-electron chi connectivity index (χ1n) is 4.05. The second kappa shape index (κ2) is 3.47. The van der Waals surface area contributed by atoms with Gasteiger partial charge in [0.1, 0.15) is 5.75 Å². The first-order chi connectivity index (χ1) is 6.04. The molecular formula is C10H12O3. The Morgan fingerprint density at radius 2 is 2.08 bits per heavy atom. The lowest BCUT2D eigenvalue weighted by molar-refractivity contribution is -0.138. The summed E-state index contributed by atoms with van der Waals surface area (Å²) < 4.78 is 0. The van der Waals surface area contributed by atoms with Crippen molar-refractivity contribution >= 4 is 5.97 Å². The zero-order chi connectivity index (χ0) is 10.0. The minimum atomic E-state index is -0.881. The monoisotopic (exact) mass is 180 g/mol. The maximum absolute atomic E-state index is 10.7. The van der Waals surface area contributed by atoms with Crippen LogP contribution in [0, 0.1) is 6.92 Å². The molecular weight excluding hydrogens is 168 g/mol. The Labute approximate surface area is 76.6 Å². The number of aromatic hydroxyl groups is 1. The number of hydrogen-bond acceptors (Lipinski definition) is 2. The molecule has 1 atom stereocenters. The lowest BCUT2D eigenvalue weighted by Gasteiger charge is -2.10. The van der Waals surface area contributed by atoms with Crippen LogP contribution < -0.4 is 0 Å². The zero-order valence-corrected chi connectivity index (χ0v) is 7.61. The Morgan fingerprint density at radius 3 is 2.62 bits per heavy atom. The fourth-order valence-electron chi connectivity index (χ4n) is 1.24. The number of rotatable bonds is 2. The molecule has 0 spiro atoms. The predicted octanol–water partition coefficient (Wildman–Crippen LogP) is 1.89. The number of phenolic OH excluding ortho intramolecular Hbond substituents is 1. The summed E-state index contributed by atoms with van der Waals surface area (Å²) in [6.45, 7) is 3.31. The van der Waals surface area contributed by atoms with Crippen molar-refractivity contribution in [1.82, 2.24) is 0 Å². The van der Waals surface area contributed by atoms with Gasteiger partial charge in [0.25, 0.3) is 0 Å². The van der Waals surface area contributed by atoms with Gasteiger partial charge < -0.3 is 10.2 Å². The molecule has 13 heavy (non-hydrogen) atoms. The Balaban J connectivity index is 3.15. The van der Waals surface area contributed by atoms with Crippen molar-refractivity contribution in [2.24, 2.45) is 0 Å². The maximum Gasteiger partial charge on any atom is 0.310 e. The van der Waals surface area contributed by atoms with Crippen LogP contribution in [0.25, 0.3) is 0 Å². The van der Waals surface area contributed by atoms with Crippen LogP contribution in [0.3, 0.4) is 0 Å². The third-order valence-corrected chi connectivity index (χ3v) is 2.18. The molecule has 0 radical (unpaired) electrons. The second-order valence-electron chi connectivity index (χ2n) is 3.05. The van der Waals surface area contributed by atoms with E-state index in [2.05, 4.69) is 0 Å². The van der Waals surface area contributed by atoms with Crippen LogP contribution in [-0.4, -0.2) is 16.2 Å². The number of carbonyl (C=O) groups is 1. The van der Waals surface area contributed by atoms with E-state index in [0.717, 1.165) is 0 Å². The zero-order valence-electron chi connectivity index (χ0n) is 7.61. The van der Waals surface area contributed by atoms with E-state index in [9.17, 15) is 9.90 Å². The van der Waals surface area contributed by atoms with Gasteiger partial charge in [0.2, 0.25) is 0 Å². The van der Waals surface area contributed by atoms with Gasteiger partial charge in [-0.3, -0.25) is 4.79 Å². The first-order valence-corrected chi connectivity index (χ1v) is 4.05. The number of carboxylic acids is 1. The van der Waals surface area contributed by atoms with Gasteiger partial charge >= 0.3 is 5.97 Å². The van der Waals surface area contributed by atoms with E-state index in [1.807, 2.05) is 0 Å². The fraction of sp³-hybridized carbons (Fsp3) is 0.300. The molecule has 1 unspecified atom stereocenters. The van der Waals surface area contributed by atoms with E-state index >= 15 is 0 Å². The topological polar surface area (TPSA) is 57.5 Å². The number of hydrogen-bond donors (Lipinski definition) is 2. The van der Waals surface area contributed by atoms with Crippen molar-refractivity contribution in [2.75, 3.05) is 0 Å². The second-order valence-corrected chi connectivity index (χ2v) is 3.05. The third kappa shape index (κ3) is 1.80. The smallest absolute Gasteiger partial charge is 0.310 e. The standard InChI is InChI=1S/C10H12O3/c1-6-8(7(2)10(12)13)4-3-5-9(6)11/h3-5,7,11H,1-2H3,(H,12,13). The minimum absolute atomic E-state index is 0.144. The Hall–Kier alpha value is -1.51. The molecule has 0 aliphatic carbocycles. The lowest BCUT2D eigenvalue weighted by atomic mass is 9.96. The van der Waals surface area contributed by atoms with E-state index in [4.69, 9.17) is 5.11 Å². The van der Waals surface area contributed by atoms with E-state index in [1.54, 1.807) is 32.0 Å². The molecule has 3 nitrogen and oxygen atoms in total. The molecule has 0 saturated carbocycles. The number of aliphatic carboxylic acids is 1. The van der Waals surface area contributed by atoms with Gasteiger partial charge in [-0.05, 0) is 31.0 Å². The van der Waals surface area contributed by atoms with Crippen LogP contribution in [0.5, 0.6) is 5.75 Å².